The summed E-state index contributed by atoms with van der Waals surface area (Å²) >= 11 is 0. The molecule has 2 radical (unpaired) electrons. The Kier molecular flexibility index (Phi) is 4.00. The van der Waals surface area contributed by atoms with Crippen molar-refractivity contribution >= 4 is 13.9 Å². The summed E-state index contributed by atoms with van der Waals surface area (Å²) in [6.45, 7) is 4.10. The standard InChI is InChI=1S/C13H22BNO2/c1-9(2)15-11-7-5-3-4-6-10(14)8-12(11)17-13(15)16/h9-12H,3-8H2,1-2H3. The molecule has 2 fully saturated rings. The van der Waals surface area contributed by atoms with Gasteiger partial charge in [0, 0.05) is 6.04 Å². The molecule has 2 aliphatic rings. The zero-order valence-corrected chi connectivity index (χ0v) is 10.9. The molecule has 0 spiro atoms. The van der Waals surface area contributed by atoms with Gasteiger partial charge in [0.25, 0.3) is 0 Å². The number of hydrogen-bond acceptors (Lipinski definition) is 2. The molecule has 1 aliphatic carbocycles. The Morgan fingerprint density at radius 2 is 2.00 bits per heavy atom. The maximum absolute atomic E-state index is 11.9. The third-order valence-electron chi connectivity index (χ3n) is 3.92. The van der Waals surface area contributed by atoms with Crippen LogP contribution in [0, 0.1) is 0 Å². The van der Waals surface area contributed by atoms with Gasteiger partial charge in [-0.3, -0.25) is 4.90 Å². The first-order chi connectivity index (χ1) is 8.09. The first-order valence-electron chi connectivity index (χ1n) is 6.84. The van der Waals surface area contributed by atoms with Gasteiger partial charge in [-0.05, 0) is 26.7 Å². The summed E-state index contributed by atoms with van der Waals surface area (Å²) in [5, 5.41) is 0. The van der Waals surface area contributed by atoms with Gasteiger partial charge in [0.05, 0.1) is 13.9 Å². The van der Waals surface area contributed by atoms with Crippen LogP contribution < -0.4 is 0 Å². The van der Waals surface area contributed by atoms with Gasteiger partial charge in [0.15, 0.2) is 0 Å². The average molecular weight is 235 g/mol. The van der Waals surface area contributed by atoms with E-state index in [0.717, 1.165) is 19.3 Å². The molecule has 1 amide bonds. The number of rotatable bonds is 1. The summed E-state index contributed by atoms with van der Waals surface area (Å²) < 4.78 is 5.51. The number of ether oxygens (including phenoxy) is 1. The van der Waals surface area contributed by atoms with E-state index in [0.29, 0.717) is 0 Å². The predicted octanol–water partition coefficient (Wildman–Crippen LogP) is 2.90. The summed E-state index contributed by atoms with van der Waals surface area (Å²) in [6, 6.07) is 0.459. The molecule has 0 aromatic heterocycles. The number of carbonyl (C=O) groups is 1. The second-order valence-electron chi connectivity index (χ2n) is 5.62. The Labute approximate surface area is 105 Å². The molecular weight excluding hydrogens is 213 g/mol. The molecule has 1 saturated heterocycles. The first kappa shape index (κ1) is 12.8. The van der Waals surface area contributed by atoms with Crippen LogP contribution in [0.15, 0.2) is 0 Å². The molecular formula is C13H22BNO2. The van der Waals surface area contributed by atoms with Crippen molar-refractivity contribution in [2.24, 2.45) is 0 Å². The van der Waals surface area contributed by atoms with Crippen molar-refractivity contribution in [3.63, 3.8) is 0 Å². The first-order valence-corrected chi connectivity index (χ1v) is 6.84. The second-order valence-corrected chi connectivity index (χ2v) is 5.62. The van der Waals surface area contributed by atoms with Crippen LogP contribution in [0.5, 0.6) is 0 Å². The third-order valence-corrected chi connectivity index (χ3v) is 3.92. The van der Waals surface area contributed by atoms with E-state index >= 15 is 0 Å². The number of fused-ring (bicyclic) bond motifs is 1. The van der Waals surface area contributed by atoms with Crippen LogP contribution in [-0.4, -0.2) is 37.0 Å². The van der Waals surface area contributed by atoms with Gasteiger partial charge in [-0.15, -0.1) is 0 Å². The van der Waals surface area contributed by atoms with Crippen molar-refractivity contribution in [3.05, 3.63) is 0 Å². The van der Waals surface area contributed by atoms with Crippen molar-refractivity contribution in [2.75, 3.05) is 0 Å². The van der Waals surface area contributed by atoms with Gasteiger partial charge in [0.1, 0.15) is 6.10 Å². The van der Waals surface area contributed by atoms with Crippen molar-refractivity contribution < 1.29 is 9.53 Å². The fraction of sp³-hybridized carbons (Fsp3) is 0.923. The van der Waals surface area contributed by atoms with Crippen LogP contribution in [0.3, 0.4) is 0 Å². The van der Waals surface area contributed by atoms with Gasteiger partial charge in [-0.1, -0.05) is 31.5 Å². The van der Waals surface area contributed by atoms with Crippen molar-refractivity contribution in [2.45, 2.75) is 76.4 Å². The zero-order chi connectivity index (χ0) is 12.4. The monoisotopic (exact) mass is 235 g/mol. The summed E-state index contributed by atoms with van der Waals surface area (Å²) in [4.78, 5) is 13.8. The minimum atomic E-state index is -0.150. The van der Waals surface area contributed by atoms with E-state index in [1.54, 1.807) is 0 Å². The Bertz CT molecular complexity index is 283. The lowest BCUT2D eigenvalue weighted by Gasteiger charge is -2.28. The highest BCUT2D eigenvalue weighted by atomic mass is 16.6. The lowest BCUT2D eigenvalue weighted by Crippen LogP contribution is -2.41. The highest BCUT2D eigenvalue weighted by molar-refractivity contribution is 6.11. The van der Waals surface area contributed by atoms with E-state index in [1.807, 2.05) is 4.90 Å². The third kappa shape index (κ3) is 2.78. The van der Waals surface area contributed by atoms with Crippen molar-refractivity contribution in [1.82, 2.24) is 4.90 Å². The zero-order valence-electron chi connectivity index (χ0n) is 10.9. The van der Waals surface area contributed by atoms with Crippen molar-refractivity contribution in [1.29, 1.82) is 0 Å². The van der Waals surface area contributed by atoms with Crippen LogP contribution >= 0.6 is 0 Å². The van der Waals surface area contributed by atoms with Gasteiger partial charge in [-0.25, -0.2) is 4.79 Å². The molecule has 94 valence electrons. The largest absolute Gasteiger partial charge is 0.444 e. The molecule has 0 bridgehead atoms. The molecule has 4 heteroatoms. The van der Waals surface area contributed by atoms with Crippen LogP contribution in [-0.2, 0) is 4.74 Å². The minimum Gasteiger partial charge on any atom is -0.444 e. The fourth-order valence-corrected chi connectivity index (χ4v) is 3.06. The molecule has 3 unspecified atom stereocenters. The maximum atomic E-state index is 11.9. The molecule has 1 saturated carbocycles. The molecule has 1 heterocycles. The summed E-state index contributed by atoms with van der Waals surface area (Å²) in [5.41, 5.74) is 0. The van der Waals surface area contributed by atoms with Crippen LogP contribution in [0.4, 0.5) is 4.79 Å². The summed E-state index contributed by atoms with van der Waals surface area (Å²) in [6.07, 6.45) is 6.39. The number of hydrogen-bond donors (Lipinski definition) is 0. The minimum absolute atomic E-state index is 0.0120. The molecule has 0 N–H and O–H groups in total. The smallest absolute Gasteiger partial charge is 0.410 e. The average Bonchev–Trinajstić information content (AvgIpc) is 2.56. The van der Waals surface area contributed by atoms with Gasteiger partial charge >= 0.3 is 6.09 Å². The lowest BCUT2D eigenvalue weighted by molar-refractivity contribution is 0.122. The van der Waals surface area contributed by atoms with E-state index < -0.39 is 0 Å². The highest BCUT2D eigenvalue weighted by Gasteiger charge is 2.42. The van der Waals surface area contributed by atoms with Gasteiger partial charge in [0.2, 0.25) is 0 Å². The SMILES string of the molecule is [B]C1CCCCCC2C(C1)OC(=O)N2C(C)C. The van der Waals surface area contributed by atoms with E-state index in [1.165, 1.54) is 19.3 Å². The van der Waals surface area contributed by atoms with Crippen LogP contribution in [0.1, 0.15) is 52.4 Å². The number of nitrogens with zero attached hydrogens (tertiary/aromatic N) is 1. The van der Waals surface area contributed by atoms with Crippen LogP contribution in [0.25, 0.3) is 0 Å². The Hall–Kier alpha value is -0.665. The molecule has 0 aromatic rings. The quantitative estimate of drug-likeness (QED) is 0.654. The maximum Gasteiger partial charge on any atom is 0.410 e. The van der Waals surface area contributed by atoms with E-state index in [2.05, 4.69) is 13.8 Å². The highest BCUT2D eigenvalue weighted by Crippen LogP contribution is 2.33. The Balaban J connectivity index is 2.12. The molecule has 3 atom stereocenters. The van der Waals surface area contributed by atoms with Gasteiger partial charge in [-0.2, -0.15) is 0 Å². The molecule has 17 heavy (non-hydrogen) atoms. The van der Waals surface area contributed by atoms with E-state index in [4.69, 9.17) is 12.6 Å². The normalized spacial score (nSPS) is 34.9. The molecule has 1 aliphatic heterocycles. The second kappa shape index (κ2) is 5.32. The topological polar surface area (TPSA) is 29.5 Å². The number of carbonyl (C=O) groups excluding carboxylic acids is 1. The Morgan fingerprint density at radius 1 is 1.29 bits per heavy atom. The van der Waals surface area contributed by atoms with E-state index in [-0.39, 0.29) is 30.1 Å². The van der Waals surface area contributed by atoms with E-state index in [9.17, 15) is 4.79 Å². The Morgan fingerprint density at radius 3 is 2.71 bits per heavy atom. The summed E-state index contributed by atoms with van der Waals surface area (Å²) in [5.74, 6) is 0.181. The van der Waals surface area contributed by atoms with Crippen molar-refractivity contribution in [3.8, 4) is 0 Å². The number of amides is 1. The molecule has 0 aromatic carbocycles. The summed E-state index contributed by atoms with van der Waals surface area (Å²) in [7, 11) is 6.09. The molecule has 2 rings (SSSR count). The molecule has 3 nitrogen and oxygen atoms in total. The van der Waals surface area contributed by atoms with Crippen LogP contribution in [0.2, 0.25) is 5.82 Å². The van der Waals surface area contributed by atoms with Gasteiger partial charge < -0.3 is 4.74 Å². The predicted molar refractivity (Wildman–Crippen MR) is 68.2 cm³/mol. The lowest BCUT2D eigenvalue weighted by atomic mass is 9.78. The fourth-order valence-electron chi connectivity index (χ4n) is 3.06.